The van der Waals surface area contributed by atoms with Gasteiger partial charge >= 0.3 is 11.9 Å². The van der Waals surface area contributed by atoms with Crippen LogP contribution >= 0.6 is 0 Å². The molecule has 6 nitrogen and oxygen atoms in total. The average Bonchev–Trinajstić information content (AvgIpc) is 3.60. The second kappa shape index (κ2) is 40.0. The summed E-state index contributed by atoms with van der Waals surface area (Å²) >= 11 is 0. The SMILES string of the molecule is CCCCC/C=C\C/C=C\CCCCCCCCOC(=O)CCN(CCC(=O)OCCCCCCCC/C=C\C/C=C\CCCCC)CCN1CCCC1C. The van der Waals surface area contributed by atoms with Crippen LogP contribution in [0.25, 0.3) is 0 Å². The third-order valence-corrected chi connectivity index (χ3v) is 10.9. The molecule has 55 heavy (non-hydrogen) atoms. The summed E-state index contributed by atoms with van der Waals surface area (Å²) in [5, 5.41) is 0. The zero-order valence-corrected chi connectivity index (χ0v) is 36.5. The molecule has 0 aromatic carbocycles. The van der Waals surface area contributed by atoms with E-state index < -0.39 is 0 Å². The van der Waals surface area contributed by atoms with Gasteiger partial charge in [0.15, 0.2) is 0 Å². The highest BCUT2D eigenvalue weighted by Gasteiger charge is 2.21. The van der Waals surface area contributed by atoms with Gasteiger partial charge in [-0.15, -0.1) is 0 Å². The van der Waals surface area contributed by atoms with Crippen molar-refractivity contribution in [2.75, 3.05) is 45.9 Å². The fraction of sp³-hybridized carbons (Fsp3) is 0.796. The van der Waals surface area contributed by atoms with Crippen LogP contribution in [0.1, 0.15) is 201 Å². The summed E-state index contributed by atoms with van der Waals surface area (Å²) < 4.78 is 11.2. The first-order valence-electron chi connectivity index (χ1n) is 23.4. The topological polar surface area (TPSA) is 59.1 Å². The minimum Gasteiger partial charge on any atom is -0.466 e. The number of likely N-dealkylation sites (tertiary alicyclic amines) is 1. The van der Waals surface area contributed by atoms with Gasteiger partial charge in [0, 0.05) is 32.2 Å². The second-order valence-corrected chi connectivity index (χ2v) is 16.0. The monoisotopic (exact) mass is 769 g/mol. The third-order valence-electron chi connectivity index (χ3n) is 10.9. The minimum atomic E-state index is -0.123. The van der Waals surface area contributed by atoms with Crippen LogP contribution < -0.4 is 0 Å². The zero-order valence-electron chi connectivity index (χ0n) is 36.5. The van der Waals surface area contributed by atoms with Gasteiger partial charge in [-0.2, -0.15) is 0 Å². The Morgan fingerprint density at radius 3 is 1.35 bits per heavy atom. The molecule has 0 spiro atoms. The highest BCUT2D eigenvalue weighted by atomic mass is 16.5. The highest BCUT2D eigenvalue weighted by Crippen LogP contribution is 2.16. The van der Waals surface area contributed by atoms with E-state index in [2.05, 4.69) is 79.2 Å². The number of rotatable bonds is 39. The molecule has 6 heteroatoms. The van der Waals surface area contributed by atoms with Crippen molar-refractivity contribution < 1.29 is 19.1 Å². The molecule has 0 saturated carbocycles. The molecule has 318 valence electrons. The number of hydrogen-bond acceptors (Lipinski definition) is 6. The predicted molar refractivity (Wildman–Crippen MR) is 237 cm³/mol. The van der Waals surface area contributed by atoms with Gasteiger partial charge in [-0.3, -0.25) is 14.5 Å². The fourth-order valence-corrected chi connectivity index (χ4v) is 7.13. The standard InChI is InChI=1S/C49H88N2O4/c1-4-6-8-10-12-14-16-18-20-22-24-26-28-30-32-34-45-54-48(52)38-41-50(43-44-51-40-36-37-47(51)3)42-39-49(53)55-46-35-33-31-29-27-25-23-21-19-17-15-13-11-9-7-5-2/h12-15,18-21,47H,4-11,16-17,22-46H2,1-3H3/b14-12-,15-13-,20-18-,21-19-. The van der Waals surface area contributed by atoms with Crippen LogP contribution in [-0.4, -0.2) is 73.7 Å². The second-order valence-electron chi connectivity index (χ2n) is 16.0. The average molecular weight is 769 g/mol. The molecule has 1 unspecified atom stereocenters. The van der Waals surface area contributed by atoms with Gasteiger partial charge in [-0.25, -0.2) is 0 Å². The maximum atomic E-state index is 12.6. The Labute approximate surface area is 341 Å². The lowest BCUT2D eigenvalue weighted by atomic mass is 10.1. The minimum absolute atomic E-state index is 0.123. The molecule has 1 aliphatic heterocycles. The molecule has 0 aromatic heterocycles. The normalized spacial score (nSPS) is 15.2. The fourth-order valence-electron chi connectivity index (χ4n) is 7.13. The van der Waals surface area contributed by atoms with Gasteiger partial charge in [0.2, 0.25) is 0 Å². The van der Waals surface area contributed by atoms with Crippen LogP contribution in [-0.2, 0) is 19.1 Å². The van der Waals surface area contributed by atoms with Gasteiger partial charge in [0.25, 0.3) is 0 Å². The number of hydrogen-bond donors (Lipinski definition) is 0. The number of unbranched alkanes of at least 4 members (excludes halogenated alkanes) is 18. The van der Waals surface area contributed by atoms with E-state index >= 15 is 0 Å². The number of ether oxygens (including phenoxy) is 2. The van der Waals surface area contributed by atoms with Crippen molar-refractivity contribution in [1.29, 1.82) is 0 Å². The maximum absolute atomic E-state index is 12.6. The summed E-state index contributed by atoms with van der Waals surface area (Å²) in [5.41, 5.74) is 0. The molecule has 0 N–H and O–H groups in total. The number of carbonyl (C=O) groups excluding carboxylic acids is 2. The predicted octanol–water partition coefficient (Wildman–Crippen LogP) is 13.3. The Morgan fingerprint density at radius 2 is 0.945 bits per heavy atom. The van der Waals surface area contributed by atoms with Crippen molar-refractivity contribution in [3.8, 4) is 0 Å². The first kappa shape index (κ1) is 50.8. The molecule has 0 amide bonds. The van der Waals surface area contributed by atoms with Crippen molar-refractivity contribution in [3.63, 3.8) is 0 Å². The Balaban J connectivity index is 2.11. The molecule has 0 aromatic rings. The van der Waals surface area contributed by atoms with Gasteiger partial charge in [0.05, 0.1) is 26.1 Å². The summed E-state index contributed by atoms with van der Waals surface area (Å²) in [5.74, 6) is -0.246. The quantitative estimate of drug-likeness (QED) is 0.0353. The third kappa shape index (κ3) is 34.8. The smallest absolute Gasteiger partial charge is 0.307 e. The van der Waals surface area contributed by atoms with Crippen molar-refractivity contribution >= 4 is 11.9 Å². The van der Waals surface area contributed by atoms with Crippen molar-refractivity contribution in [3.05, 3.63) is 48.6 Å². The van der Waals surface area contributed by atoms with Crippen molar-refractivity contribution in [1.82, 2.24) is 9.80 Å². The van der Waals surface area contributed by atoms with Crippen molar-refractivity contribution in [2.24, 2.45) is 0 Å². The molecular formula is C49H88N2O4. The Morgan fingerprint density at radius 1 is 0.545 bits per heavy atom. The first-order chi connectivity index (χ1) is 27.1. The van der Waals surface area contributed by atoms with Gasteiger partial charge in [0.1, 0.15) is 0 Å². The summed E-state index contributed by atoms with van der Waals surface area (Å²) in [4.78, 5) is 29.9. The Kier molecular flexibility index (Phi) is 37.0. The van der Waals surface area contributed by atoms with Gasteiger partial charge < -0.3 is 14.4 Å². The van der Waals surface area contributed by atoms with E-state index in [0.717, 1.165) is 58.2 Å². The van der Waals surface area contributed by atoms with Crippen LogP contribution in [0.2, 0.25) is 0 Å². The molecule has 0 aliphatic carbocycles. The van der Waals surface area contributed by atoms with E-state index in [1.54, 1.807) is 0 Å². The zero-order chi connectivity index (χ0) is 39.7. The summed E-state index contributed by atoms with van der Waals surface area (Å²) in [6.45, 7) is 12.1. The first-order valence-corrected chi connectivity index (χ1v) is 23.4. The summed E-state index contributed by atoms with van der Waals surface area (Å²) in [6.07, 6.45) is 50.6. The molecule has 1 aliphatic rings. The molecule has 1 atom stereocenters. The molecule has 1 rings (SSSR count). The van der Waals surface area contributed by atoms with E-state index in [4.69, 9.17) is 9.47 Å². The molecular weight excluding hydrogens is 681 g/mol. The summed E-state index contributed by atoms with van der Waals surface area (Å²) in [6, 6.07) is 0.611. The lowest BCUT2D eigenvalue weighted by Crippen LogP contribution is -2.38. The van der Waals surface area contributed by atoms with Crippen LogP contribution in [0.3, 0.4) is 0 Å². The van der Waals surface area contributed by atoms with Gasteiger partial charge in [-0.1, -0.05) is 140 Å². The van der Waals surface area contributed by atoms with E-state index in [9.17, 15) is 9.59 Å². The molecule has 1 saturated heterocycles. The molecule has 0 radical (unpaired) electrons. The van der Waals surface area contributed by atoms with Crippen LogP contribution in [0.5, 0.6) is 0 Å². The van der Waals surface area contributed by atoms with E-state index in [-0.39, 0.29) is 11.9 Å². The van der Waals surface area contributed by atoms with Crippen LogP contribution in [0.4, 0.5) is 0 Å². The maximum Gasteiger partial charge on any atom is 0.307 e. The number of esters is 2. The van der Waals surface area contributed by atoms with E-state index in [1.807, 2.05) is 0 Å². The van der Waals surface area contributed by atoms with Crippen LogP contribution in [0, 0.1) is 0 Å². The number of nitrogens with zero attached hydrogens (tertiary/aromatic N) is 2. The van der Waals surface area contributed by atoms with Gasteiger partial charge in [-0.05, 0) is 103 Å². The Bertz CT molecular complexity index is 923. The lowest BCUT2D eigenvalue weighted by Gasteiger charge is -2.27. The number of carbonyl (C=O) groups is 2. The molecule has 1 heterocycles. The highest BCUT2D eigenvalue weighted by molar-refractivity contribution is 5.70. The Hall–Kier alpha value is -2.18. The van der Waals surface area contributed by atoms with Crippen molar-refractivity contribution in [2.45, 2.75) is 207 Å². The van der Waals surface area contributed by atoms with Crippen LogP contribution in [0.15, 0.2) is 48.6 Å². The lowest BCUT2D eigenvalue weighted by molar-refractivity contribution is -0.144. The van der Waals surface area contributed by atoms with E-state index in [1.165, 1.54) is 128 Å². The largest absolute Gasteiger partial charge is 0.466 e. The summed E-state index contributed by atoms with van der Waals surface area (Å²) in [7, 11) is 0. The number of allylic oxidation sites excluding steroid dienone is 8. The molecule has 0 bridgehead atoms. The molecule has 1 fully saturated rings. The van der Waals surface area contributed by atoms with E-state index in [0.29, 0.717) is 45.2 Å².